The number of benzene rings is 1. The summed E-state index contributed by atoms with van der Waals surface area (Å²) < 4.78 is 26.7. The molecule has 0 aliphatic heterocycles. The fraction of sp³-hybridized carbons (Fsp3) is 0.500. The summed E-state index contributed by atoms with van der Waals surface area (Å²) >= 11 is 0. The Morgan fingerprint density at radius 1 is 1.29 bits per heavy atom. The van der Waals surface area contributed by atoms with E-state index >= 15 is 0 Å². The Bertz CT molecular complexity index is 612. The molecule has 0 aromatic heterocycles. The Morgan fingerprint density at radius 2 is 1.90 bits per heavy atom. The van der Waals surface area contributed by atoms with Crippen molar-refractivity contribution in [3.8, 4) is 0 Å². The van der Waals surface area contributed by atoms with Gasteiger partial charge in [0.2, 0.25) is 15.9 Å². The number of carbonyl (C=O) groups excluding carboxylic acids is 1. The highest BCUT2D eigenvalue weighted by Gasteiger charge is 2.27. The molecule has 0 heterocycles. The molecule has 1 amide bonds. The van der Waals surface area contributed by atoms with Crippen molar-refractivity contribution in [3.05, 3.63) is 23.8 Å². The largest absolute Gasteiger partial charge is 0.399 e. The van der Waals surface area contributed by atoms with Gasteiger partial charge in [-0.25, -0.2) is 8.42 Å². The van der Waals surface area contributed by atoms with E-state index in [2.05, 4.69) is 0 Å². The number of hydrogen-bond donors (Lipinski definition) is 1. The smallest absolute Gasteiger partial charge is 0.243 e. The number of rotatable bonds is 6. The van der Waals surface area contributed by atoms with E-state index in [0.29, 0.717) is 24.2 Å². The molecule has 0 atom stereocenters. The van der Waals surface area contributed by atoms with Gasteiger partial charge < -0.3 is 10.6 Å². The summed E-state index contributed by atoms with van der Waals surface area (Å²) in [7, 11) is -0.500. The normalized spacial score (nSPS) is 11.7. The van der Waals surface area contributed by atoms with Crippen molar-refractivity contribution in [3.63, 3.8) is 0 Å². The van der Waals surface area contributed by atoms with Gasteiger partial charge in [-0.2, -0.15) is 4.31 Å². The Balaban J connectivity index is 3.18. The van der Waals surface area contributed by atoms with Crippen LogP contribution < -0.4 is 5.73 Å². The fourth-order valence-corrected chi connectivity index (χ4v) is 3.61. The van der Waals surface area contributed by atoms with E-state index in [1.165, 1.54) is 15.3 Å². The summed E-state index contributed by atoms with van der Waals surface area (Å²) in [5.74, 6) is -0.250. The van der Waals surface area contributed by atoms with Crippen LogP contribution in [0.2, 0.25) is 0 Å². The minimum Gasteiger partial charge on any atom is -0.399 e. The Hall–Kier alpha value is -1.60. The van der Waals surface area contributed by atoms with Crippen molar-refractivity contribution in [1.82, 2.24) is 9.21 Å². The third-order valence-corrected chi connectivity index (χ3v) is 5.11. The molecule has 0 fully saturated rings. The highest BCUT2D eigenvalue weighted by atomic mass is 32.2. The van der Waals surface area contributed by atoms with Crippen molar-refractivity contribution in [2.45, 2.75) is 25.2 Å². The molecule has 1 aromatic rings. The number of nitrogens with zero attached hydrogens (tertiary/aromatic N) is 2. The highest BCUT2D eigenvalue weighted by Crippen LogP contribution is 2.22. The molecular formula is C14H23N3O3S. The Labute approximate surface area is 126 Å². The van der Waals surface area contributed by atoms with Gasteiger partial charge in [0, 0.05) is 26.3 Å². The zero-order valence-corrected chi connectivity index (χ0v) is 13.8. The van der Waals surface area contributed by atoms with Crippen LogP contribution in [-0.2, 0) is 14.8 Å². The zero-order valence-electron chi connectivity index (χ0n) is 13.0. The predicted octanol–water partition coefficient (Wildman–Crippen LogP) is 1.07. The molecule has 0 aliphatic carbocycles. The van der Waals surface area contributed by atoms with E-state index in [1.54, 1.807) is 33.2 Å². The summed E-state index contributed by atoms with van der Waals surface area (Å²) in [6, 6.07) is 4.66. The number of aryl methyl sites for hydroxylation is 1. The van der Waals surface area contributed by atoms with Crippen molar-refractivity contribution >= 4 is 21.6 Å². The molecule has 0 saturated carbocycles. The fourth-order valence-electron chi connectivity index (χ4n) is 1.93. The maximum atomic E-state index is 12.7. The highest BCUT2D eigenvalue weighted by molar-refractivity contribution is 7.89. The van der Waals surface area contributed by atoms with Gasteiger partial charge in [0.25, 0.3) is 0 Å². The molecule has 0 saturated heterocycles. The number of likely N-dealkylation sites (N-methyl/N-ethyl adjacent to an activating group) is 1. The number of anilines is 1. The summed E-state index contributed by atoms with van der Waals surface area (Å²) in [6.07, 6.45) is 0.633. The first-order valence-corrected chi connectivity index (χ1v) is 8.20. The number of amides is 1. The van der Waals surface area contributed by atoms with Gasteiger partial charge in [-0.3, -0.25) is 4.79 Å². The first kappa shape index (κ1) is 17.5. The van der Waals surface area contributed by atoms with E-state index in [-0.39, 0.29) is 17.3 Å². The third-order valence-electron chi connectivity index (χ3n) is 3.10. The molecule has 1 rings (SSSR count). The minimum atomic E-state index is -3.71. The van der Waals surface area contributed by atoms with E-state index in [4.69, 9.17) is 5.73 Å². The number of sulfonamides is 1. The summed E-state index contributed by atoms with van der Waals surface area (Å²) in [5, 5.41) is 0. The average Bonchev–Trinajstić information content (AvgIpc) is 2.37. The third kappa shape index (κ3) is 4.18. The SMILES string of the molecule is CCCN(CC(=O)N(C)C)S(=O)(=O)c1ccc(N)cc1C. The molecule has 118 valence electrons. The average molecular weight is 313 g/mol. The molecule has 0 spiro atoms. The van der Waals surface area contributed by atoms with Crippen LogP contribution in [-0.4, -0.2) is 50.7 Å². The van der Waals surface area contributed by atoms with Crippen molar-refractivity contribution < 1.29 is 13.2 Å². The first-order valence-electron chi connectivity index (χ1n) is 6.76. The number of hydrogen-bond acceptors (Lipinski definition) is 4. The van der Waals surface area contributed by atoms with Crippen LogP contribution in [0, 0.1) is 6.92 Å². The van der Waals surface area contributed by atoms with Crippen molar-refractivity contribution in [1.29, 1.82) is 0 Å². The van der Waals surface area contributed by atoms with Gasteiger partial charge in [-0.05, 0) is 37.1 Å². The lowest BCUT2D eigenvalue weighted by molar-refractivity contribution is -0.128. The second-order valence-corrected chi connectivity index (χ2v) is 7.06. The topological polar surface area (TPSA) is 83.7 Å². The van der Waals surface area contributed by atoms with Gasteiger partial charge in [0.15, 0.2) is 0 Å². The molecule has 6 nitrogen and oxygen atoms in total. The molecular weight excluding hydrogens is 290 g/mol. The quantitative estimate of drug-likeness (QED) is 0.796. The maximum absolute atomic E-state index is 12.7. The van der Waals surface area contributed by atoms with Crippen molar-refractivity contribution in [2.24, 2.45) is 0 Å². The molecule has 7 heteroatoms. The van der Waals surface area contributed by atoms with Gasteiger partial charge in [0.05, 0.1) is 11.4 Å². The number of nitrogen functional groups attached to an aromatic ring is 1. The van der Waals surface area contributed by atoms with Crippen molar-refractivity contribution in [2.75, 3.05) is 32.9 Å². The number of carbonyl (C=O) groups is 1. The monoisotopic (exact) mass is 313 g/mol. The zero-order chi connectivity index (χ0) is 16.2. The van der Waals surface area contributed by atoms with E-state index in [9.17, 15) is 13.2 Å². The maximum Gasteiger partial charge on any atom is 0.243 e. The van der Waals surface area contributed by atoms with Crippen LogP contribution in [0.1, 0.15) is 18.9 Å². The molecule has 1 aromatic carbocycles. The summed E-state index contributed by atoms with van der Waals surface area (Å²) in [4.78, 5) is 13.4. The Kier molecular flexibility index (Phi) is 5.74. The molecule has 21 heavy (non-hydrogen) atoms. The van der Waals surface area contributed by atoms with Crippen LogP contribution in [0.15, 0.2) is 23.1 Å². The second-order valence-electron chi connectivity index (χ2n) is 5.15. The van der Waals surface area contributed by atoms with Gasteiger partial charge in [-0.1, -0.05) is 6.92 Å². The Morgan fingerprint density at radius 3 is 2.38 bits per heavy atom. The van der Waals surface area contributed by atoms with Gasteiger partial charge >= 0.3 is 0 Å². The molecule has 0 unspecified atom stereocenters. The van der Waals surface area contributed by atoms with Gasteiger partial charge in [-0.15, -0.1) is 0 Å². The molecule has 0 radical (unpaired) electrons. The van der Waals surface area contributed by atoms with Crippen LogP contribution in [0.5, 0.6) is 0 Å². The lowest BCUT2D eigenvalue weighted by Crippen LogP contribution is -2.40. The van der Waals surface area contributed by atoms with E-state index in [1.807, 2.05) is 6.92 Å². The van der Waals surface area contributed by atoms with Crippen LogP contribution in [0.3, 0.4) is 0 Å². The van der Waals surface area contributed by atoms with E-state index < -0.39 is 10.0 Å². The summed E-state index contributed by atoms with van der Waals surface area (Å²) in [6.45, 7) is 3.71. The molecule has 2 N–H and O–H groups in total. The number of nitrogens with two attached hydrogens (primary N) is 1. The lowest BCUT2D eigenvalue weighted by atomic mass is 10.2. The van der Waals surface area contributed by atoms with Gasteiger partial charge in [0.1, 0.15) is 0 Å². The molecule has 0 aliphatic rings. The first-order chi connectivity index (χ1) is 9.70. The summed E-state index contributed by atoms with van der Waals surface area (Å²) in [5.41, 5.74) is 6.75. The van der Waals surface area contributed by atoms with E-state index in [0.717, 1.165) is 0 Å². The minimum absolute atomic E-state index is 0.160. The van der Waals surface area contributed by atoms with Crippen LogP contribution in [0.25, 0.3) is 0 Å². The standard InChI is InChI=1S/C14H23N3O3S/c1-5-8-17(10-14(18)16(3)4)21(19,20)13-7-6-12(15)9-11(13)2/h6-7,9H,5,8,10,15H2,1-4H3. The van der Waals surface area contributed by atoms with Crippen LogP contribution >= 0.6 is 0 Å². The molecule has 0 bridgehead atoms. The second kappa shape index (κ2) is 6.91. The lowest BCUT2D eigenvalue weighted by Gasteiger charge is -2.23. The predicted molar refractivity (Wildman–Crippen MR) is 83.3 cm³/mol. The van der Waals surface area contributed by atoms with Crippen LogP contribution in [0.4, 0.5) is 5.69 Å².